The second-order valence-electron chi connectivity index (χ2n) is 3.59. The molecule has 0 aliphatic carbocycles. The molecule has 2 heterocycles. The third-order valence-electron chi connectivity index (χ3n) is 2.46. The van der Waals surface area contributed by atoms with Gasteiger partial charge in [0.1, 0.15) is 5.58 Å². The summed E-state index contributed by atoms with van der Waals surface area (Å²) in [5.41, 5.74) is 2.51. The lowest BCUT2D eigenvalue weighted by molar-refractivity contribution is 0.651. The number of hydrogen-bond donors (Lipinski definition) is 1. The quantitative estimate of drug-likeness (QED) is 0.580. The van der Waals surface area contributed by atoms with E-state index in [1.165, 1.54) is 0 Å². The standard InChI is InChI=1S/C12H9NOS/c1-7-2-4-10-9-5-3-8(15)6-11(9)14-12(10)13-7/h2-6,15H,1H3. The van der Waals surface area contributed by atoms with Crippen LogP contribution in [0.5, 0.6) is 0 Å². The van der Waals surface area contributed by atoms with Crippen LogP contribution in [0.25, 0.3) is 22.1 Å². The molecule has 0 atom stereocenters. The normalized spacial score (nSPS) is 11.3. The van der Waals surface area contributed by atoms with E-state index in [-0.39, 0.29) is 0 Å². The van der Waals surface area contributed by atoms with Gasteiger partial charge in [-0.15, -0.1) is 12.6 Å². The number of furan rings is 1. The molecule has 0 unspecified atom stereocenters. The molecular formula is C12H9NOS. The third-order valence-corrected chi connectivity index (χ3v) is 2.74. The van der Waals surface area contributed by atoms with Crippen molar-refractivity contribution in [1.82, 2.24) is 4.98 Å². The first-order valence-corrected chi connectivity index (χ1v) is 5.17. The minimum absolute atomic E-state index is 0.698. The summed E-state index contributed by atoms with van der Waals surface area (Å²) in [6.45, 7) is 1.96. The first-order chi connectivity index (χ1) is 7.24. The first-order valence-electron chi connectivity index (χ1n) is 4.73. The Bertz CT molecular complexity index is 601. The summed E-state index contributed by atoms with van der Waals surface area (Å²) in [5, 5.41) is 2.15. The van der Waals surface area contributed by atoms with Gasteiger partial charge in [-0.3, -0.25) is 0 Å². The lowest BCUT2D eigenvalue weighted by atomic mass is 10.2. The number of aromatic nitrogens is 1. The van der Waals surface area contributed by atoms with Gasteiger partial charge in [-0.05, 0) is 37.3 Å². The highest BCUT2D eigenvalue weighted by atomic mass is 32.1. The van der Waals surface area contributed by atoms with Gasteiger partial charge in [-0.25, -0.2) is 4.98 Å². The molecule has 15 heavy (non-hydrogen) atoms. The molecule has 0 N–H and O–H groups in total. The SMILES string of the molecule is Cc1ccc2c(n1)oc1cc(S)ccc12. The van der Waals surface area contributed by atoms with Gasteiger partial charge in [0.05, 0.1) is 0 Å². The number of nitrogens with zero attached hydrogens (tertiary/aromatic N) is 1. The van der Waals surface area contributed by atoms with Gasteiger partial charge in [0.2, 0.25) is 5.71 Å². The maximum absolute atomic E-state index is 5.65. The molecular weight excluding hydrogens is 206 g/mol. The second kappa shape index (κ2) is 3.00. The maximum Gasteiger partial charge on any atom is 0.227 e. The molecule has 0 saturated carbocycles. The van der Waals surface area contributed by atoms with Gasteiger partial charge in [0, 0.05) is 21.4 Å². The van der Waals surface area contributed by atoms with Crippen molar-refractivity contribution in [2.45, 2.75) is 11.8 Å². The zero-order valence-electron chi connectivity index (χ0n) is 8.19. The Morgan fingerprint density at radius 2 is 1.93 bits per heavy atom. The molecule has 74 valence electrons. The van der Waals surface area contributed by atoms with Gasteiger partial charge in [-0.1, -0.05) is 0 Å². The topological polar surface area (TPSA) is 26.0 Å². The summed E-state index contributed by atoms with van der Waals surface area (Å²) < 4.78 is 5.65. The first kappa shape index (κ1) is 8.80. The molecule has 3 heteroatoms. The van der Waals surface area contributed by atoms with Gasteiger partial charge < -0.3 is 4.42 Å². The smallest absolute Gasteiger partial charge is 0.227 e. The summed E-state index contributed by atoms with van der Waals surface area (Å²) in [7, 11) is 0. The number of rotatable bonds is 0. The van der Waals surface area contributed by atoms with Crippen molar-refractivity contribution < 1.29 is 4.42 Å². The van der Waals surface area contributed by atoms with Crippen LogP contribution in [0.3, 0.4) is 0 Å². The van der Waals surface area contributed by atoms with Crippen LogP contribution in [0.2, 0.25) is 0 Å². The van der Waals surface area contributed by atoms with Crippen LogP contribution >= 0.6 is 12.6 Å². The zero-order valence-corrected chi connectivity index (χ0v) is 9.08. The molecule has 0 aliphatic rings. The van der Waals surface area contributed by atoms with E-state index in [2.05, 4.69) is 17.6 Å². The van der Waals surface area contributed by atoms with Gasteiger partial charge in [0.15, 0.2) is 0 Å². The van der Waals surface area contributed by atoms with Crippen LogP contribution in [-0.2, 0) is 0 Å². The van der Waals surface area contributed by atoms with Crippen molar-refractivity contribution in [3.8, 4) is 0 Å². The molecule has 0 saturated heterocycles. The van der Waals surface area contributed by atoms with Crippen LogP contribution in [0, 0.1) is 6.92 Å². The van der Waals surface area contributed by atoms with Crippen LogP contribution in [-0.4, -0.2) is 4.98 Å². The molecule has 0 bridgehead atoms. The van der Waals surface area contributed by atoms with E-state index < -0.39 is 0 Å². The van der Waals surface area contributed by atoms with Crippen molar-refractivity contribution in [2.24, 2.45) is 0 Å². The molecule has 0 fully saturated rings. The number of hydrogen-bond acceptors (Lipinski definition) is 3. The molecule has 0 spiro atoms. The van der Waals surface area contributed by atoms with Gasteiger partial charge >= 0.3 is 0 Å². The molecule has 3 rings (SSSR count). The lowest BCUT2D eigenvalue weighted by Crippen LogP contribution is -1.77. The van der Waals surface area contributed by atoms with E-state index in [1.54, 1.807) is 0 Å². The Hall–Kier alpha value is -1.48. The lowest BCUT2D eigenvalue weighted by Gasteiger charge is -1.90. The monoisotopic (exact) mass is 215 g/mol. The predicted octanol–water partition coefficient (Wildman–Crippen LogP) is 3.58. The third kappa shape index (κ3) is 1.31. The predicted molar refractivity (Wildman–Crippen MR) is 63.5 cm³/mol. The minimum Gasteiger partial charge on any atom is -0.438 e. The number of benzene rings is 1. The Labute approximate surface area is 92.3 Å². The fourth-order valence-corrected chi connectivity index (χ4v) is 1.93. The van der Waals surface area contributed by atoms with E-state index in [0.717, 1.165) is 26.9 Å². The Morgan fingerprint density at radius 1 is 1.13 bits per heavy atom. The average molecular weight is 215 g/mol. The number of thiol groups is 1. The van der Waals surface area contributed by atoms with Crippen LogP contribution in [0.4, 0.5) is 0 Å². The zero-order chi connectivity index (χ0) is 10.4. The summed E-state index contributed by atoms with van der Waals surface area (Å²) in [6.07, 6.45) is 0. The molecule has 1 aromatic carbocycles. The van der Waals surface area contributed by atoms with Gasteiger partial charge in [-0.2, -0.15) is 0 Å². The maximum atomic E-state index is 5.65. The van der Waals surface area contributed by atoms with Crippen molar-refractivity contribution in [3.05, 3.63) is 36.0 Å². The van der Waals surface area contributed by atoms with E-state index in [9.17, 15) is 0 Å². The van der Waals surface area contributed by atoms with E-state index in [0.29, 0.717) is 5.71 Å². The van der Waals surface area contributed by atoms with Crippen molar-refractivity contribution >= 4 is 34.7 Å². The molecule has 0 amide bonds. The molecule has 3 aromatic rings. The summed E-state index contributed by atoms with van der Waals surface area (Å²) >= 11 is 4.28. The summed E-state index contributed by atoms with van der Waals surface area (Å²) in [4.78, 5) is 5.25. The van der Waals surface area contributed by atoms with Crippen LogP contribution < -0.4 is 0 Å². The highest BCUT2D eigenvalue weighted by molar-refractivity contribution is 7.80. The molecule has 0 aliphatic heterocycles. The second-order valence-corrected chi connectivity index (χ2v) is 4.10. The number of pyridine rings is 1. The largest absolute Gasteiger partial charge is 0.438 e. The molecule has 2 nitrogen and oxygen atoms in total. The number of fused-ring (bicyclic) bond motifs is 3. The average Bonchev–Trinajstić information content (AvgIpc) is 2.53. The highest BCUT2D eigenvalue weighted by Crippen LogP contribution is 2.28. The Balaban J connectivity index is 2.51. The van der Waals surface area contributed by atoms with E-state index in [4.69, 9.17) is 4.42 Å². The molecule has 2 aromatic heterocycles. The molecule has 0 radical (unpaired) electrons. The van der Waals surface area contributed by atoms with E-state index >= 15 is 0 Å². The minimum atomic E-state index is 0.698. The Kier molecular flexibility index (Phi) is 1.76. The fraction of sp³-hybridized carbons (Fsp3) is 0.0833. The summed E-state index contributed by atoms with van der Waals surface area (Å²) in [6, 6.07) is 9.92. The van der Waals surface area contributed by atoms with Crippen molar-refractivity contribution in [2.75, 3.05) is 0 Å². The van der Waals surface area contributed by atoms with Gasteiger partial charge in [0.25, 0.3) is 0 Å². The van der Waals surface area contributed by atoms with E-state index in [1.807, 2.05) is 37.3 Å². The van der Waals surface area contributed by atoms with Crippen molar-refractivity contribution in [3.63, 3.8) is 0 Å². The fourth-order valence-electron chi connectivity index (χ4n) is 1.74. The summed E-state index contributed by atoms with van der Waals surface area (Å²) in [5.74, 6) is 0. The van der Waals surface area contributed by atoms with Crippen LogP contribution in [0.15, 0.2) is 39.6 Å². The number of aryl methyl sites for hydroxylation is 1. The van der Waals surface area contributed by atoms with Crippen molar-refractivity contribution in [1.29, 1.82) is 0 Å². The Morgan fingerprint density at radius 3 is 2.80 bits per heavy atom. The van der Waals surface area contributed by atoms with Crippen LogP contribution in [0.1, 0.15) is 5.69 Å². The highest BCUT2D eigenvalue weighted by Gasteiger charge is 2.07.